The maximum Gasteiger partial charge on any atom is 0.328 e. The Morgan fingerprint density at radius 2 is 1.22 bits per heavy atom. The quantitative estimate of drug-likeness (QED) is 0.298. The third kappa shape index (κ3) is 15.2. The Kier molecular flexibility index (Phi) is 16.8. The summed E-state index contributed by atoms with van der Waals surface area (Å²) in [4.78, 5) is 34.9. The van der Waals surface area contributed by atoms with Gasteiger partial charge < -0.3 is 14.8 Å². The molecular weight excluding hydrogens is 346 g/mol. The molecule has 0 aliphatic heterocycles. The Hall–Kier alpha value is -1.59. The lowest BCUT2D eigenvalue weighted by molar-refractivity contribution is -0.150. The number of hydrogen-bond donors (Lipinski definition) is 1. The highest BCUT2D eigenvalue weighted by Gasteiger charge is 2.24. The lowest BCUT2D eigenvalue weighted by Gasteiger charge is -2.15. The second kappa shape index (κ2) is 17.8. The van der Waals surface area contributed by atoms with E-state index in [-0.39, 0.29) is 12.3 Å². The number of nitrogens with one attached hydrogen (secondary N) is 1. The summed E-state index contributed by atoms with van der Waals surface area (Å²) in [5, 5.41) is 2.56. The topological polar surface area (TPSA) is 81.7 Å². The number of methoxy groups -OCH3 is 2. The van der Waals surface area contributed by atoms with Crippen molar-refractivity contribution in [3.8, 4) is 0 Å². The molecule has 0 fully saturated rings. The maximum atomic E-state index is 12.0. The van der Waals surface area contributed by atoms with E-state index in [9.17, 15) is 14.4 Å². The van der Waals surface area contributed by atoms with Crippen LogP contribution in [0, 0.1) is 0 Å². The van der Waals surface area contributed by atoms with Gasteiger partial charge >= 0.3 is 11.9 Å². The van der Waals surface area contributed by atoms with Crippen molar-refractivity contribution in [3.05, 3.63) is 0 Å². The van der Waals surface area contributed by atoms with E-state index in [0.29, 0.717) is 6.42 Å². The van der Waals surface area contributed by atoms with Gasteiger partial charge in [-0.3, -0.25) is 9.59 Å². The van der Waals surface area contributed by atoms with Crippen LogP contribution in [-0.4, -0.2) is 38.1 Å². The number of rotatable bonds is 17. The second-order valence-electron chi connectivity index (χ2n) is 7.06. The summed E-state index contributed by atoms with van der Waals surface area (Å²) in [5.74, 6) is -1.43. The molecule has 6 heteroatoms. The minimum absolute atomic E-state index is 0.215. The predicted molar refractivity (Wildman–Crippen MR) is 106 cm³/mol. The SMILES string of the molecule is CCCCCCCCCCCCCCC(=O)NC(CC(=O)OC)C(=O)OC. The van der Waals surface area contributed by atoms with Crippen LogP contribution in [-0.2, 0) is 23.9 Å². The van der Waals surface area contributed by atoms with Crippen molar-refractivity contribution in [2.24, 2.45) is 0 Å². The van der Waals surface area contributed by atoms with Crippen LogP contribution in [0.3, 0.4) is 0 Å². The van der Waals surface area contributed by atoms with E-state index < -0.39 is 18.0 Å². The third-order valence-corrected chi connectivity index (χ3v) is 4.68. The van der Waals surface area contributed by atoms with Crippen LogP contribution in [0.5, 0.6) is 0 Å². The molecule has 0 heterocycles. The van der Waals surface area contributed by atoms with E-state index in [2.05, 4.69) is 21.7 Å². The first-order valence-electron chi connectivity index (χ1n) is 10.5. The van der Waals surface area contributed by atoms with Crippen molar-refractivity contribution in [1.29, 1.82) is 0 Å². The van der Waals surface area contributed by atoms with Crippen molar-refractivity contribution in [2.45, 2.75) is 103 Å². The van der Waals surface area contributed by atoms with Crippen molar-refractivity contribution in [2.75, 3.05) is 14.2 Å². The van der Waals surface area contributed by atoms with E-state index in [1.807, 2.05) is 0 Å². The molecule has 158 valence electrons. The zero-order valence-corrected chi connectivity index (χ0v) is 17.5. The lowest BCUT2D eigenvalue weighted by Crippen LogP contribution is -2.43. The average molecular weight is 386 g/mol. The van der Waals surface area contributed by atoms with Gasteiger partial charge in [0.1, 0.15) is 6.04 Å². The number of amides is 1. The van der Waals surface area contributed by atoms with Crippen LogP contribution in [0.1, 0.15) is 96.8 Å². The van der Waals surface area contributed by atoms with Crippen LogP contribution in [0.25, 0.3) is 0 Å². The second-order valence-corrected chi connectivity index (χ2v) is 7.06. The molecule has 1 atom stereocenters. The Labute approximate surface area is 164 Å². The van der Waals surface area contributed by atoms with E-state index in [4.69, 9.17) is 0 Å². The van der Waals surface area contributed by atoms with Crippen molar-refractivity contribution < 1.29 is 23.9 Å². The molecule has 0 aliphatic carbocycles. The molecule has 0 saturated carbocycles. The Bertz CT molecular complexity index is 411. The molecule has 1 amide bonds. The van der Waals surface area contributed by atoms with Gasteiger partial charge in [0, 0.05) is 6.42 Å². The number of hydrogen-bond acceptors (Lipinski definition) is 5. The van der Waals surface area contributed by atoms with Crippen LogP contribution in [0.4, 0.5) is 0 Å². The highest BCUT2D eigenvalue weighted by Crippen LogP contribution is 2.12. The van der Waals surface area contributed by atoms with E-state index in [1.165, 1.54) is 72.0 Å². The van der Waals surface area contributed by atoms with Gasteiger partial charge in [0.05, 0.1) is 20.6 Å². The van der Waals surface area contributed by atoms with Crippen molar-refractivity contribution in [3.63, 3.8) is 0 Å². The summed E-state index contributed by atoms with van der Waals surface area (Å²) < 4.78 is 9.15. The van der Waals surface area contributed by atoms with Gasteiger partial charge in [-0.1, -0.05) is 77.6 Å². The number of carbonyl (C=O) groups is 3. The van der Waals surface area contributed by atoms with Gasteiger partial charge in [-0.15, -0.1) is 0 Å². The zero-order chi connectivity index (χ0) is 20.3. The molecule has 0 saturated heterocycles. The molecule has 0 aromatic carbocycles. The van der Waals surface area contributed by atoms with E-state index in [1.54, 1.807) is 0 Å². The summed E-state index contributed by atoms with van der Waals surface area (Å²) in [6, 6.07) is -0.979. The first kappa shape index (κ1) is 25.4. The van der Waals surface area contributed by atoms with E-state index >= 15 is 0 Å². The largest absolute Gasteiger partial charge is 0.469 e. The minimum atomic E-state index is -0.979. The summed E-state index contributed by atoms with van der Waals surface area (Å²) >= 11 is 0. The summed E-state index contributed by atoms with van der Waals surface area (Å²) in [6.07, 6.45) is 14.9. The highest BCUT2D eigenvalue weighted by atomic mass is 16.5. The van der Waals surface area contributed by atoms with Crippen LogP contribution in [0.2, 0.25) is 0 Å². The molecule has 0 bridgehead atoms. The molecule has 6 nitrogen and oxygen atoms in total. The lowest BCUT2D eigenvalue weighted by atomic mass is 10.0. The monoisotopic (exact) mass is 385 g/mol. The number of unbranched alkanes of at least 4 members (excludes halogenated alkanes) is 11. The normalized spacial score (nSPS) is 11.7. The van der Waals surface area contributed by atoms with Gasteiger partial charge in [0.15, 0.2) is 0 Å². The molecule has 1 unspecified atom stereocenters. The highest BCUT2D eigenvalue weighted by molar-refractivity contribution is 5.87. The van der Waals surface area contributed by atoms with Crippen LogP contribution >= 0.6 is 0 Å². The van der Waals surface area contributed by atoms with Gasteiger partial charge in [-0.05, 0) is 6.42 Å². The fraction of sp³-hybridized carbons (Fsp3) is 0.857. The Balaban J connectivity index is 3.69. The molecular formula is C21H39NO5. The van der Waals surface area contributed by atoms with Crippen molar-refractivity contribution in [1.82, 2.24) is 5.32 Å². The number of ether oxygens (including phenoxy) is 2. The minimum Gasteiger partial charge on any atom is -0.469 e. The summed E-state index contributed by atoms with van der Waals surface area (Å²) in [5.41, 5.74) is 0. The first-order valence-corrected chi connectivity index (χ1v) is 10.5. The van der Waals surface area contributed by atoms with Crippen LogP contribution in [0.15, 0.2) is 0 Å². The Morgan fingerprint density at radius 1 is 0.741 bits per heavy atom. The van der Waals surface area contributed by atoms with Gasteiger partial charge in [0.2, 0.25) is 5.91 Å². The standard InChI is InChI=1S/C21H39NO5/c1-4-5-6-7-8-9-10-11-12-13-14-15-16-19(23)22-18(21(25)27-3)17-20(24)26-2/h18H,4-17H2,1-3H3,(H,22,23). The molecule has 0 aromatic heterocycles. The fourth-order valence-corrected chi connectivity index (χ4v) is 2.98. The maximum absolute atomic E-state index is 12.0. The first-order chi connectivity index (χ1) is 13.0. The smallest absolute Gasteiger partial charge is 0.328 e. The summed E-state index contributed by atoms with van der Waals surface area (Å²) in [7, 11) is 2.47. The molecule has 27 heavy (non-hydrogen) atoms. The zero-order valence-electron chi connectivity index (χ0n) is 17.5. The van der Waals surface area contributed by atoms with Gasteiger partial charge in [0.25, 0.3) is 0 Å². The summed E-state index contributed by atoms with van der Waals surface area (Å²) in [6.45, 7) is 2.24. The van der Waals surface area contributed by atoms with Crippen molar-refractivity contribution >= 4 is 17.8 Å². The molecule has 1 N–H and O–H groups in total. The molecule has 0 spiro atoms. The molecule has 0 radical (unpaired) electrons. The van der Waals surface area contributed by atoms with Gasteiger partial charge in [-0.2, -0.15) is 0 Å². The third-order valence-electron chi connectivity index (χ3n) is 4.68. The number of esters is 2. The van der Waals surface area contributed by atoms with Gasteiger partial charge in [-0.25, -0.2) is 4.79 Å². The molecule has 0 aromatic rings. The Morgan fingerprint density at radius 3 is 1.67 bits per heavy atom. The van der Waals surface area contributed by atoms with E-state index in [0.717, 1.165) is 19.3 Å². The predicted octanol–water partition coefficient (Wildman–Crippen LogP) is 4.30. The fourth-order valence-electron chi connectivity index (χ4n) is 2.98. The molecule has 0 aliphatic rings. The average Bonchev–Trinajstić information content (AvgIpc) is 2.67. The number of carbonyl (C=O) groups excluding carboxylic acids is 3. The molecule has 0 rings (SSSR count). The van der Waals surface area contributed by atoms with Crippen LogP contribution < -0.4 is 5.32 Å².